The highest BCUT2D eigenvalue weighted by atomic mass is 16.5. The Morgan fingerprint density at radius 1 is 1.56 bits per heavy atom. The number of hydrogen-bond acceptors (Lipinski definition) is 5. The van der Waals surface area contributed by atoms with Crippen LogP contribution >= 0.6 is 0 Å². The lowest BCUT2D eigenvalue weighted by molar-refractivity contribution is -0.0566. The molecule has 1 aromatic heterocycles. The van der Waals surface area contributed by atoms with Crippen LogP contribution in [-0.2, 0) is 16.9 Å². The fourth-order valence-electron chi connectivity index (χ4n) is 1.94. The average molecular weight is 253 g/mol. The Labute approximate surface area is 103 Å². The molecule has 7 heteroatoms. The Bertz CT molecular complexity index is 562. The molecular formula is C11H15N3O4. The molecule has 1 aromatic rings. The molecule has 0 aromatic carbocycles. The van der Waals surface area contributed by atoms with Gasteiger partial charge in [-0.05, 0) is 13.8 Å². The van der Waals surface area contributed by atoms with Gasteiger partial charge in [0.15, 0.2) is 5.69 Å². The molecule has 7 nitrogen and oxygen atoms in total. The maximum Gasteiger partial charge on any atom is 0.296 e. The van der Waals surface area contributed by atoms with Crippen molar-refractivity contribution in [2.75, 3.05) is 13.7 Å². The predicted octanol–water partition coefficient (Wildman–Crippen LogP) is -0.426. The fraction of sp³-hybridized carbons (Fsp3) is 0.545. The second-order valence-electron chi connectivity index (χ2n) is 4.53. The molecule has 0 unspecified atom stereocenters. The molecule has 0 saturated heterocycles. The van der Waals surface area contributed by atoms with Crippen LogP contribution in [-0.4, -0.2) is 34.2 Å². The number of ether oxygens (including phenoxy) is 1. The third-order valence-electron chi connectivity index (χ3n) is 2.90. The van der Waals surface area contributed by atoms with Crippen molar-refractivity contribution in [2.45, 2.75) is 26.0 Å². The van der Waals surface area contributed by atoms with Crippen LogP contribution in [0.5, 0.6) is 5.75 Å². The van der Waals surface area contributed by atoms with Gasteiger partial charge in [-0.1, -0.05) is 0 Å². The van der Waals surface area contributed by atoms with Crippen LogP contribution in [0.2, 0.25) is 0 Å². The SMILES string of the molecule is CNC(=O)c1nc2n(c(=O)c1O)CCOC2(C)C. The Morgan fingerprint density at radius 3 is 2.83 bits per heavy atom. The van der Waals surface area contributed by atoms with E-state index in [0.29, 0.717) is 19.0 Å². The number of hydrogen-bond donors (Lipinski definition) is 2. The number of fused-ring (bicyclic) bond motifs is 1. The minimum Gasteiger partial charge on any atom is -0.501 e. The van der Waals surface area contributed by atoms with Crippen molar-refractivity contribution < 1.29 is 14.6 Å². The smallest absolute Gasteiger partial charge is 0.296 e. The van der Waals surface area contributed by atoms with Gasteiger partial charge in [0.1, 0.15) is 11.4 Å². The first-order valence-electron chi connectivity index (χ1n) is 5.59. The summed E-state index contributed by atoms with van der Waals surface area (Å²) in [5.41, 5.74) is -1.66. The van der Waals surface area contributed by atoms with E-state index in [9.17, 15) is 14.7 Å². The molecule has 0 spiro atoms. The fourth-order valence-corrected chi connectivity index (χ4v) is 1.94. The maximum absolute atomic E-state index is 12.0. The predicted molar refractivity (Wildman–Crippen MR) is 62.5 cm³/mol. The third kappa shape index (κ3) is 1.76. The van der Waals surface area contributed by atoms with Crippen LogP contribution in [0, 0.1) is 0 Å². The molecule has 0 saturated carbocycles. The Morgan fingerprint density at radius 2 is 2.22 bits per heavy atom. The second kappa shape index (κ2) is 4.09. The molecule has 0 atom stereocenters. The van der Waals surface area contributed by atoms with Crippen molar-refractivity contribution in [3.05, 3.63) is 21.9 Å². The lowest BCUT2D eigenvalue weighted by Crippen LogP contribution is -2.42. The molecule has 0 radical (unpaired) electrons. The number of carbonyl (C=O) groups excluding carboxylic acids is 1. The van der Waals surface area contributed by atoms with Gasteiger partial charge in [-0.25, -0.2) is 4.98 Å². The zero-order valence-electron chi connectivity index (χ0n) is 10.5. The number of nitrogens with one attached hydrogen (secondary N) is 1. The summed E-state index contributed by atoms with van der Waals surface area (Å²) in [5, 5.41) is 12.1. The first-order valence-corrected chi connectivity index (χ1v) is 5.59. The lowest BCUT2D eigenvalue weighted by Gasteiger charge is -2.32. The number of amides is 1. The number of rotatable bonds is 1. The van der Waals surface area contributed by atoms with Gasteiger partial charge in [-0.3, -0.25) is 14.2 Å². The first-order chi connectivity index (χ1) is 8.38. The number of nitrogens with zero attached hydrogens (tertiary/aromatic N) is 2. The zero-order valence-corrected chi connectivity index (χ0v) is 10.5. The van der Waals surface area contributed by atoms with Gasteiger partial charge in [0, 0.05) is 7.05 Å². The second-order valence-corrected chi connectivity index (χ2v) is 4.53. The van der Waals surface area contributed by atoms with Gasteiger partial charge in [0.05, 0.1) is 13.2 Å². The molecule has 2 heterocycles. The summed E-state index contributed by atoms with van der Waals surface area (Å²) in [7, 11) is 1.40. The van der Waals surface area contributed by atoms with Gasteiger partial charge < -0.3 is 15.2 Å². The summed E-state index contributed by atoms with van der Waals surface area (Å²) in [4.78, 5) is 27.6. The summed E-state index contributed by atoms with van der Waals surface area (Å²) in [5.74, 6) is -0.889. The molecule has 0 aliphatic carbocycles. The molecule has 1 aliphatic rings. The standard InChI is InChI=1S/C11H15N3O4/c1-11(2)10-13-6(8(16)12-3)7(15)9(17)14(10)4-5-18-11/h15H,4-5H2,1-3H3,(H,12,16). The Balaban J connectivity index is 2.73. The summed E-state index contributed by atoms with van der Waals surface area (Å²) < 4.78 is 6.86. The van der Waals surface area contributed by atoms with Gasteiger partial charge in [0.2, 0.25) is 5.75 Å². The number of aromatic nitrogens is 2. The van der Waals surface area contributed by atoms with Crippen molar-refractivity contribution in [1.29, 1.82) is 0 Å². The van der Waals surface area contributed by atoms with Crippen molar-refractivity contribution in [1.82, 2.24) is 14.9 Å². The molecule has 98 valence electrons. The minimum atomic E-state index is -0.770. The quantitative estimate of drug-likeness (QED) is 0.708. The van der Waals surface area contributed by atoms with Crippen LogP contribution in [0.15, 0.2) is 4.79 Å². The van der Waals surface area contributed by atoms with Gasteiger partial charge in [-0.2, -0.15) is 0 Å². The Kier molecular flexibility index (Phi) is 2.86. The van der Waals surface area contributed by atoms with E-state index in [1.54, 1.807) is 13.8 Å². The van der Waals surface area contributed by atoms with Crippen molar-refractivity contribution in [2.24, 2.45) is 0 Å². The first kappa shape index (κ1) is 12.6. The van der Waals surface area contributed by atoms with Gasteiger partial charge in [-0.15, -0.1) is 0 Å². The topological polar surface area (TPSA) is 93.5 Å². The normalized spacial score (nSPS) is 17.1. The summed E-state index contributed by atoms with van der Waals surface area (Å²) in [6, 6.07) is 0. The largest absolute Gasteiger partial charge is 0.501 e. The molecular weight excluding hydrogens is 238 g/mol. The van der Waals surface area contributed by atoms with Crippen molar-refractivity contribution in [3.8, 4) is 5.75 Å². The van der Waals surface area contributed by atoms with Crippen LogP contribution in [0.25, 0.3) is 0 Å². The van der Waals surface area contributed by atoms with E-state index in [4.69, 9.17) is 4.74 Å². The van der Waals surface area contributed by atoms with E-state index >= 15 is 0 Å². The van der Waals surface area contributed by atoms with E-state index in [2.05, 4.69) is 10.3 Å². The molecule has 18 heavy (non-hydrogen) atoms. The molecule has 1 amide bonds. The molecule has 0 fully saturated rings. The summed E-state index contributed by atoms with van der Waals surface area (Å²) in [6.07, 6.45) is 0. The third-order valence-corrected chi connectivity index (χ3v) is 2.90. The highest BCUT2D eigenvalue weighted by Gasteiger charge is 2.34. The van der Waals surface area contributed by atoms with E-state index < -0.39 is 22.8 Å². The maximum atomic E-state index is 12.0. The lowest BCUT2D eigenvalue weighted by atomic mass is 10.1. The van der Waals surface area contributed by atoms with E-state index in [1.165, 1.54) is 11.6 Å². The zero-order chi connectivity index (χ0) is 13.5. The van der Waals surface area contributed by atoms with Crippen molar-refractivity contribution in [3.63, 3.8) is 0 Å². The van der Waals surface area contributed by atoms with E-state index in [-0.39, 0.29) is 5.69 Å². The van der Waals surface area contributed by atoms with Crippen molar-refractivity contribution >= 4 is 5.91 Å². The van der Waals surface area contributed by atoms with Crippen LogP contribution in [0.3, 0.4) is 0 Å². The average Bonchev–Trinajstić information content (AvgIpc) is 2.33. The highest BCUT2D eigenvalue weighted by molar-refractivity contribution is 5.94. The Hall–Kier alpha value is -1.89. The highest BCUT2D eigenvalue weighted by Crippen LogP contribution is 2.27. The number of carbonyl (C=O) groups is 1. The molecule has 0 bridgehead atoms. The van der Waals surface area contributed by atoms with Crippen LogP contribution in [0.4, 0.5) is 0 Å². The van der Waals surface area contributed by atoms with E-state index in [0.717, 1.165) is 0 Å². The number of aromatic hydroxyl groups is 1. The van der Waals surface area contributed by atoms with E-state index in [1.807, 2.05) is 0 Å². The molecule has 1 aliphatic heterocycles. The minimum absolute atomic E-state index is 0.271. The van der Waals surface area contributed by atoms with Gasteiger partial charge in [0.25, 0.3) is 11.5 Å². The summed E-state index contributed by atoms with van der Waals surface area (Å²) >= 11 is 0. The van der Waals surface area contributed by atoms with Gasteiger partial charge >= 0.3 is 0 Å². The molecule has 2 N–H and O–H groups in total. The van der Waals surface area contributed by atoms with Crippen LogP contribution < -0.4 is 10.9 Å². The summed E-state index contributed by atoms with van der Waals surface area (Å²) in [6.45, 7) is 4.19. The van der Waals surface area contributed by atoms with Crippen LogP contribution in [0.1, 0.15) is 30.2 Å². The monoisotopic (exact) mass is 253 g/mol. The molecule has 2 rings (SSSR count).